The maximum Gasteiger partial charge on any atom is 0.277 e. The number of hydrogen-bond acceptors (Lipinski definition) is 6. The molecular weight excluding hydrogens is 393 g/mol. The van der Waals surface area contributed by atoms with Crippen LogP contribution in [-0.4, -0.2) is 39.9 Å². The number of amides is 1. The van der Waals surface area contributed by atoms with Gasteiger partial charge >= 0.3 is 0 Å². The Morgan fingerprint density at radius 3 is 2.69 bits per heavy atom. The normalized spacial score (nSPS) is 11.9. The molecule has 0 saturated heterocycles. The fraction of sp³-hybridized carbons (Fsp3) is 0.286. The number of carbonyl (C=O) groups excluding carboxylic acids is 1. The summed E-state index contributed by atoms with van der Waals surface area (Å²) in [6.45, 7) is 4.62. The zero-order valence-electron chi connectivity index (χ0n) is 16.5. The van der Waals surface area contributed by atoms with Crippen LogP contribution in [0.4, 0.5) is 4.39 Å². The number of thioether (sulfide) groups is 1. The van der Waals surface area contributed by atoms with Crippen LogP contribution in [0.15, 0.2) is 58.2 Å². The van der Waals surface area contributed by atoms with Crippen molar-refractivity contribution in [1.29, 1.82) is 0 Å². The summed E-state index contributed by atoms with van der Waals surface area (Å²) in [5.74, 6) is 0.716. The lowest BCUT2D eigenvalue weighted by atomic mass is 10.2. The highest BCUT2D eigenvalue weighted by Crippen LogP contribution is 2.28. The molecule has 8 heteroatoms. The van der Waals surface area contributed by atoms with Gasteiger partial charge in [0.1, 0.15) is 11.6 Å². The summed E-state index contributed by atoms with van der Waals surface area (Å²) in [4.78, 5) is 14.2. The third-order valence-corrected chi connectivity index (χ3v) is 5.05. The van der Waals surface area contributed by atoms with Gasteiger partial charge in [-0.05, 0) is 55.8 Å². The minimum atomic E-state index is -0.429. The SMILES string of the molecule is CCOc1ccc(-c2nnc(S[C@H](C)C(=O)N(C)Cc3cccc(F)c3)o2)cc1. The number of carbonyl (C=O) groups is 1. The van der Waals surface area contributed by atoms with E-state index in [1.807, 2.05) is 31.2 Å². The first-order chi connectivity index (χ1) is 14.0. The van der Waals surface area contributed by atoms with Crippen LogP contribution in [0.5, 0.6) is 5.75 Å². The highest BCUT2D eigenvalue weighted by atomic mass is 32.2. The molecule has 1 heterocycles. The van der Waals surface area contributed by atoms with Gasteiger partial charge in [-0.2, -0.15) is 0 Å². The van der Waals surface area contributed by atoms with E-state index in [9.17, 15) is 9.18 Å². The number of ether oxygens (including phenoxy) is 1. The zero-order valence-corrected chi connectivity index (χ0v) is 17.3. The topological polar surface area (TPSA) is 68.5 Å². The van der Waals surface area contributed by atoms with Gasteiger partial charge in [0.2, 0.25) is 11.8 Å². The Morgan fingerprint density at radius 2 is 2.00 bits per heavy atom. The molecule has 3 rings (SSSR count). The van der Waals surface area contributed by atoms with E-state index in [1.165, 1.54) is 23.9 Å². The maximum atomic E-state index is 13.3. The molecule has 1 amide bonds. The zero-order chi connectivity index (χ0) is 20.8. The van der Waals surface area contributed by atoms with Gasteiger partial charge in [-0.3, -0.25) is 4.79 Å². The molecule has 0 bridgehead atoms. The second kappa shape index (κ2) is 9.56. The van der Waals surface area contributed by atoms with E-state index in [-0.39, 0.29) is 11.7 Å². The molecule has 0 spiro atoms. The molecule has 29 heavy (non-hydrogen) atoms. The highest BCUT2D eigenvalue weighted by molar-refractivity contribution is 8.00. The first kappa shape index (κ1) is 20.9. The summed E-state index contributed by atoms with van der Waals surface area (Å²) in [6, 6.07) is 13.6. The number of aromatic nitrogens is 2. The van der Waals surface area contributed by atoms with E-state index in [2.05, 4.69) is 10.2 Å². The molecule has 6 nitrogen and oxygen atoms in total. The molecule has 3 aromatic rings. The number of nitrogens with zero attached hydrogens (tertiary/aromatic N) is 3. The quantitative estimate of drug-likeness (QED) is 0.508. The second-order valence-electron chi connectivity index (χ2n) is 6.41. The molecule has 1 atom stereocenters. The summed E-state index contributed by atoms with van der Waals surface area (Å²) in [7, 11) is 1.68. The molecule has 0 unspecified atom stereocenters. The Hall–Kier alpha value is -2.87. The summed E-state index contributed by atoms with van der Waals surface area (Å²) >= 11 is 1.19. The van der Waals surface area contributed by atoms with Gasteiger partial charge in [0.05, 0.1) is 11.9 Å². The van der Waals surface area contributed by atoms with Gasteiger partial charge < -0.3 is 14.1 Å². The van der Waals surface area contributed by atoms with Crippen molar-refractivity contribution in [2.75, 3.05) is 13.7 Å². The van der Waals surface area contributed by atoms with Crippen molar-refractivity contribution < 1.29 is 18.3 Å². The minimum Gasteiger partial charge on any atom is -0.494 e. The van der Waals surface area contributed by atoms with E-state index in [4.69, 9.17) is 9.15 Å². The van der Waals surface area contributed by atoms with Crippen molar-refractivity contribution in [1.82, 2.24) is 15.1 Å². The summed E-state index contributed by atoms with van der Waals surface area (Å²) in [6.07, 6.45) is 0. The molecule has 0 saturated carbocycles. The van der Waals surface area contributed by atoms with E-state index < -0.39 is 5.25 Å². The number of halogens is 1. The summed E-state index contributed by atoms with van der Waals surface area (Å²) in [5, 5.41) is 7.96. The van der Waals surface area contributed by atoms with Crippen molar-refractivity contribution in [3.8, 4) is 17.2 Å². The second-order valence-corrected chi connectivity index (χ2v) is 7.71. The third-order valence-electron chi connectivity index (χ3n) is 4.13. The lowest BCUT2D eigenvalue weighted by Gasteiger charge is -2.20. The molecule has 0 aliphatic carbocycles. The first-order valence-corrected chi connectivity index (χ1v) is 10.1. The third kappa shape index (κ3) is 5.57. The van der Waals surface area contributed by atoms with Crippen molar-refractivity contribution in [2.45, 2.75) is 30.9 Å². The van der Waals surface area contributed by atoms with E-state index in [0.717, 1.165) is 16.9 Å². The van der Waals surface area contributed by atoms with Gasteiger partial charge in [0.15, 0.2) is 0 Å². The van der Waals surface area contributed by atoms with Gasteiger partial charge in [-0.1, -0.05) is 23.9 Å². The van der Waals surface area contributed by atoms with Gasteiger partial charge in [0.25, 0.3) is 5.22 Å². The fourth-order valence-electron chi connectivity index (χ4n) is 2.73. The van der Waals surface area contributed by atoms with Crippen LogP contribution in [0.2, 0.25) is 0 Å². The van der Waals surface area contributed by atoms with Crippen molar-refractivity contribution in [3.63, 3.8) is 0 Å². The van der Waals surface area contributed by atoms with E-state index >= 15 is 0 Å². The molecule has 1 aromatic heterocycles. The van der Waals surface area contributed by atoms with Crippen LogP contribution in [-0.2, 0) is 11.3 Å². The molecular formula is C21H22FN3O3S. The van der Waals surface area contributed by atoms with E-state index in [0.29, 0.717) is 24.3 Å². The Morgan fingerprint density at radius 1 is 1.24 bits per heavy atom. The number of benzene rings is 2. The molecule has 0 radical (unpaired) electrons. The lowest BCUT2D eigenvalue weighted by Crippen LogP contribution is -2.32. The number of hydrogen-bond donors (Lipinski definition) is 0. The largest absolute Gasteiger partial charge is 0.494 e. The monoisotopic (exact) mass is 415 g/mol. The van der Waals surface area contributed by atoms with Crippen molar-refractivity contribution in [3.05, 3.63) is 59.9 Å². The van der Waals surface area contributed by atoms with Gasteiger partial charge in [-0.15, -0.1) is 10.2 Å². The van der Waals surface area contributed by atoms with Crippen LogP contribution in [0.3, 0.4) is 0 Å². The lowest BCUT2D eigenvalue weighted by molar-refractivity contribution is -0.129. The average molecular weight is 415 g/mol. The highest BCUT2D eigenvalue weighted by Gasteiger charge is 2.22. The Balaban J connectivity index is 1.60. The van der Waals surface area contributed by atoms with Gasteiger partial charge in [0, 0.05) is 19.2 Å². The molecule has 0 fully saturated rings. The first-order valence-electron chi connectivity index (χ1n) is 9.19. The van der Waals surface area contributed by atoms with Gasteiger partial charge in [-0.25, -0.2) is 4.39 Å². The number of rotatable bonds is 8. The minimum absolute atomic E-state index is 0.111. The molecule has 0 N–H and O–H groups in total. The van der Waals surface area contributed by atoms with E-state index in [1.54, 1.807) is 31.0 Å². The smallest absolute Gasteiger partial charge is 0.277 e. The van der Waals surface area contributed by atoms with Crippen LogP contribution < -0.4 is 4.74 Å². The van der Waals surface area contributed by atoms with Crippen LogP contribution >= 0.6 is 11.8 Å². The Kier molecular flexibility index (Phi) is 6.87. The van der Waals surface area contributed by atoms with Crippen molar-refractivity contribution >= 4 is 17.7 Å². The molecule has 2 aromatic carbocycles. The molecule has 0 aliphatic rings. The van der Waals surface area contributed by atoms with Crippen LogP contribution in [0.25, 0.3) is 11.5 Å². The Bertz CT molecular complexity index is 962. The summed E-state index contributed by atoms with van der Waals surface area (Å²) < 4.78 is 24.4. The Labute approximate surface area is 173 Å². The standard InChI is InChI=1S/C21H22FN3O3S/c1-4-27-18-10-8-16(9-11-18)19-23-24-21(28-19)29-14(2)20(26)25(3)13-15-6-5-7-17(22)12-15/h5-12,14H,4,13H2,1-3H3/t14-/m1/s1. The average Bonchev–Trinajstić information content (AvgIpc) is 3.16. The van der Waals surface area contributed by atoms with Crippen molar-refractivity contribution in [2.24, 2.45) is 0 Å². The predicted octanol–water partition coefficient (Wildman–Crippen LogP) is 4.41. The van der Waals surface area contributed by atoms with Crippen LogP contribution in [0, 0.1) is 5.82 Å². The van der Waals surface area contributed by atoms with Crippen LogP contribution in [0.1, 0.15) is 19.4 Å². The maximum absolute atomic E-state index is 13.3. The fourth-order valence-corrected chi connectivity index (χ4v) is 3.53. The summed E-state index contributed by atoms with van der Waals surface area (Å²) in [5.41, 5.74) is 1.50. The predicted molar refractivity (Wildman–Crippen MR) is 109 cm³/mol. The molecule has 152 valence electrons. The molecule has 0 aliphatic heterocycles.